The van der Waals surface area contributed by atoms with Gasteiger partial charge in [0.1, 0.15) is 35.3 Å². The lowest BCUT2D eigenvalue weighted by atomic mass is 10.1. The van der Waals surface area contributed by atoms with E-state index >= 15 is 0 Å². The predicted molar refractivity (Wildman–Crippen MR) is 166 cm³/mol. The summed E-state index contributed by atoms with van der Waals surface area (Å²) in [7, 11) is 1.21. The summed E-state index contributed by atoms with van der Waals surface area (Å²) in [4.78, 5) is 41.7. The van der Waals surface area contributed by atoms with Crippen molar-refractivity contribution in [1.29, 1.82) is 0 Å². The molecule has 52 heavy (non-hydrogen) atoms. The molecule has 280 valence electrons. The van der Waals surface area contributed by atoms with Crippen molar-refractivity contribution in [2.24, 2.45) is 0 Å². The third-order valence-corrected chi connectivity index (χ3v) is 7.24. The average Bonchev–Trinajstić information content (AvgIpc) is 3.02. The van der Waals surface area contributed by atoms with Crippen LogP contribution in [-0.2, 0) is 17.1 Å². The smallest absolute Gasteiger partial charge is 0.416 e. The zero-order valence-corrected chi connectivity index (χ0v) is 26.0. The molecule has 0 saturated carbocycles. The Bertz CT molecular complexity index is 1910. The molecule has 4 aromatic rings. The van der Waals surface area contributed by atoms with Gasteiger partial charge >= 0.3 is 24.3 Å². The van der Waals surface area contributed by atoms with E-state index in [0.29, 0.717) is 12.1 Å². The van der Waals surface area contributed by atoms with Gasteiger partial charge in [-0.05, 0) is 24.3 Å². The second-order valence-corrected chi connectivity index (χ2v) is 10.9. The zero-order chi connectivity index (χ0) is 37.1. The van der Waals surface area contributed by atoms with Gasteiger partial charge in [-0.15, -0.1) is 0 Å². The van der Waals surface area contributed by atoms with Gasteiger partial charge in [-0.2, -0.15) is 26.3 Å². The maximum Gasteiger partial charge on any atom is 0.416 e. The van der Waals surface area contributed by atoms with Crippen LogP contribution in [0.5, 0.6) is 11.5 Å². The Labute approximate surface area is 291 Å². The highest BCUT2D eigenvalue weighted by Gasteiger charge is 2.37. The van der Waals surface area contributed by atoms with Crippen LogP contribution in [0.4, 0.5) is 46.8 Å². The van der Waals surface area contributed by atoms with Crippen molar-refractivity contribution in [3.63, 3.8) is 0 Å². The lowest BCUT2D eigenvalue weighted by Crippen LogP contribution is -2.54. The highest BCUT2D eigenvalue weighted by Crippen LogP contribution is 2.35. The van der Waals surface area contributed by atoms with Crippen LogP contribution in [0.1, 0.15) is 41.0 Å². The van der Waals surface area contributed by atoms with Crippen LogP contribution >= 0.6 is 0 Å². The second-order valence-electron chi connectivity index (χ2n) is 10.9. The average molecular weight is 747 g/mol. The van der Waals surface area contributed by atoms with Crippen molar-refractivity contribution in [3.8, 4) is 11.5 Å². The van der Waals surface area contributed by atoms with Crippen molar-refractivity contribution in [2.45, 2.75) is 32.0 Å². The fourth-order valence-corrected chi connectivity index (χ4v) is 4.86. The molecule has 0 atom stereocenters. The molecule has 2 aliphatic heterocycles. The third kappa shape index (κ3) is 9.29. The van der Waals surface area contributed by atoms with E-state index in [9.17, 15) is 44.7 Å². The number of benzene rings is 2. The number of esters is 1. The third-order valence-electron chi connectivity index (χ3n) is 7.24. The summed E-state index contributed by atoms with van der Waals surface area (Å²) in [5, 5.41) is 9.06. The molecule has 4 heterocycles. The number of hydrogen-bond acceptors (Lipinski definition) is 11. The van der Waals surface area contributed by atoms with E-state index in [1.165, 1.54) is 31.9 Å². The first-order valence-electron chi connectivity index (χ1n) is 14.5. The minimum atomic E-state index is -4.68. The van der Waals surface area contributed by atoms with Crippen LogP contribution < -0.4 is 19.3 Å². The van der Waals surface area contributed by atoms with Crippen molar-refractivity contribution in [2.75, 3.05) is 43.1 Å². The first-order valence-corrected chi connectivity index (χ1v) is 14.5. The first kappa shape index (κ1) is 39.0. The molecule has 12 nitrogen and oxygen atoms in total. The molecule has 20 heteroatoms. The van der Waals surface area contributed by atoms with Gasteiger partial charge in [-0.3, -0.25) is 0 Å². The number of aromatic nitrogens is 4. The number of hydrogen-bond donors (Lipinski definition) is 1. The number of alkyl halides is 6. The number of rotatable bonds is 8. The normalized spacial score (nSPS) is 14.6. The second kappa shape index (κ2) is 15.6. The first-order chi connectivity index (χ1) is 24.0. The van der Waals surface area contributed by atoms with Gasteiger partial charge in [0.15, 0.2) is 23.0 Å². The van der Waals surface area contributed by atoms with Crippen LogP contribution in [0.3, 0.4) is 0 Å². The molecule has 2 aliphatic rings. The number of nitrogens with zero attached hydrogens (tertiary/aromatic N) is 6. The van der Waals surface area contributed by atoms with Crippen molar-refractivity contribution in [3.05, 3.63) is 95.3 Å². The Morgan fingerprint density at radius 2 is 1.08 bits per heavy atom. The fourth-order valence-electron chi connectivity index (χ4n) is 4.86. The van der Waals surface area contributed by atoms with Crippen LogP contribution in [0, 0.1) is 11.6 Å². The quantitative estimate of drug-likeness (QED) is 0.166. The SMILES string of the molecule is C.COC(=O)c1nccnc1N1CC(Oc2cc(F)cc(C(F)(F)F)c2)C1.O=C(O)c1nccnc1N1CC(Oc2cc(F)cc(C(F)(F)F)c2)C1.[2H-]. The number of carboxylic acid groups (broad SMARTS) is 1. The fraction of sp³-hybridized carbons (Fsp3) is 0.312. The Morgan fingerprint density at radius 1 is 0.692 bits per heavy atom. The monoisotopic (exact) mass is 746 g/mol. The number of carbonyl (C=O) groups is 2. The van der Waals surface area contributed by atoms with Crippen LogP contribution in [0.2, 0.25) is 0 Å². The Balaban J connectivity index is 0.000000275. The molecular formula is C32H29F8N6O6-. The largest absolute Gasteiger partial charge is 1.00 e. The van der Waals surface area contributed by atoms with E-state index in [0.717, 1.165) is 24.3 Å². The van der Waals surface area contributed by atoms with Gasteiger partial charge in [0.05, 0.1) is 44.4 Å². The molecule has 2 fully saturated rings. The van der Waals surface area contributed by atoms with Crippen molar-refractivity contribution >= 4 is 23.6 Å². The van der Waals surface area contributed by atoms with Gasteiger partial charge < -0.3 is 30.5 Å². The summed E-state index contributed by atoms with van der Waals surface area (Å²) in [5.41, 5.74) is -2.46. The predicted octanol–water partition coefficient (Wildman–Crippen LogP) is 6.04. The number of ether oxygens (including phenoxy) is 3. The van der Waals surface area contributed by atoms with Crippen LogP contribution in [0.25, 0.3) is 0 Å². The van der Waals surface area contributed by atoms with Gasteiger partial charge in [-0.1, -0.05) is 7.43 Å². The molecule has 6 rings (SSSR count). The molecule has 0 bridgehead atoms. The van der Waals surface area contributed by atoms with Gasteiger partial charge in [0.25, 0.3) is 0 Å². The molecule has 0 unspecified atom stereocenters. The molecule has 0 aliphatic carbocycles. The van der Waals surface area contributed by atoms with E-state index in [1.54, 1.807) is 9.80 Å². The molecule has 1 N–H and O–H groups in total. The molecule has 2 saturated heterocycles. The minimum absolute atomic E-state index is 0. The number of anilines is 2. The molecule has 2 aromatic carbocycles. The molecule has 2 aromatic heterocycles. The van der Waals surface area contributed by atoms with Gasteiger partial charge in [0.2, 0.25) is 0 Å². The van der Waals surface area contributed by atoms with Crippen LogP contribution in [-0.4, -0.2) is 82.5 Å². The Hall–Kier alpha value is -5.82. The lowest BCUT2D eigenvalue weighted by Gasteiger charge is -2.40. The summed E-state index contributed by atoms with van der Waals surface area (Å²) in [6.07, 6.45) is -5.03. The molecule has 0 radical (unpaired) electrons. The summed E-state index contributed by atoms with van der Waals surface area (Å²) in [6, 6.07) is 4.01. The van der Waals surface area contributed by atoms with Gasteiger partial charge in [0, 0.05) is 36.9 Å². The van der Waals surface area contributed by atoms with Crippen molar-refractivity contribution < 1.29 is 65.5 Å². The minimum Gasteiger partial charge on any atom is -1.00 e. The van der Waals surface area contributed by atoms with E-state index in [2.05, 4.69) is 24.7 Å². The van der Waals surface area contributed by atoms with Crippen LogP contribution in [0.15, 0.2) is 61.2 Å². The highest BCUT2D eigenvalue weighted by atomic mass is 19.4. The number of methoxy groups -OCH3 is 1. The number of aromatic carboxylic acids is 1. The van der Waals surface area contributed by atoms with Crippen molar-refractivity contribution in [1.82, 2.24) is 19.9 Å². The summed E-state index contributed by atoms with van der Waals surface area (Å²) in [5.74, 6) is -4.01. The Morgan fingerprint density at radius 3 is 1.46 bits per heavy atom. The molecule has 0 spiro atoms. The standard InChI is InChI=1S/C16H13F4N3O3.C15H11F4N3O3.CH4.H/c1-25-15(24)13-14(22-3-2-21-13)23-7-12(8-23)26-11-5-9(16(18,19)20)4-10(17)6-11;16-9-3-8(15(17,18)19)4-10(5-9)25-11-6-22(7-11)13-12(14(23)24)20-1-2-21-13;;/h2-6,12H,7-8H2,1H3;1-5,11H,6-7H2,(H,23,24);1H4;/q;;;-1/i;;;1+1. The van der Waals surface area contributed by atoms with E-state index in [4.69, 9.17) is 14.6 Å². The van der Waals surface area contributed by atoms with E-state index in [1.807, 2.05) is 0 Å². The summed E-state index contributed by atoms with van der Waals surface area (Å²) >= 11 is 0. The highest BCUT2D eigenvalue weighted by molar-refractivity contribution is 5.92. The topological polar surface area (TPSA) is 140 Å². The number of halogens is 8. The zero-order valence-electron chi connectivity index (χ0n) is 27.0. The molecule has 0 amide bonds. The number of carbonyl (C=O) groups excluding carboxylic acids is 1. The lowest BCUT2D eigenvalue weighted by molar-refractivity contribution is -0.138. The Kier molecular flexibility index (Phi) is 11.7. The summed E-state index contributed by atoms with van der Waals surface area (Å²) < 4.78 is 118. The number of carboxylic acids is 1. The summed E-state index contributed by atoms with van der Waals surface area (Å²) in [6.45, 7) is 0.884. The van der Waals surface area contributed by atoms with E-state index in [-0.39, 0.29) is 69.6 Å². The molecular weight excluding hydrogens is 716 g/mol. The maximum atomic E-state index is 13.4. The maximum absolute atomic E-state index is 13.4. The van der Waals surface area contributed by atoms with Gasteiger partial charge in [-0.25, -0.2) is 38.3 Å². The van der Waals surface area contributed by atoms with E-state index < -0.39 is 59.3 Å².